The van der Waals surface area contributed by atoms with Crippen molar-refractivity contribution < 1.29 is 13.6 Å². The highest BCUT2D eigenvalue weighted by Crippen LogP contribution is 2.30. The van der Waals surface area contributed by atoms with Crippen molar-refractivity contribution in [2.24, 2.45) is 0 Å². The van der Waals surface area contributed by atoms with Crippen molar-refractivity contribution >= 4 is 11.6 Å². The third kappa shape index (κ3) is 3.70. The molecule has 2 aromatic rings. The van der Waals surface area contributed by atoms with Gasteiger partial charge in [0.2, 0.25) is 0 Å². The second-order valence-electron chi connectivity index (χ2n) is 7.12. The second kappa shape index (κ2) is 7.03. The Labute approximate surface area is 152 Å². The molecular weight excluding hydrogens is 336 g/mol. The lowest BCUT2D eigenvalue weighted by Gasteiger charge is -2.44. The quantitative estimate of drug-likeness (QED) is 0.856. The molecule has 1 aliphatic heterocycles. The first kappa shape index (κ1) is 18.3. The number of hydrogen-bond donors (Lipinski definition) is 1. The minimum absolute atomic E-state index is 0.0285. The number of anilines is 1. The summed E-state index contributed by atoms with van der Waals surface area (Å²) in [5.74, 6) is -1.19. The first-order chi connectivity index (χ1) is 12.3. The molecule has 0 atom stereocenters. The summed E-state index contributed by atoms with van der Waals surface area (Å²) in [5.41, 5.74) is 6.96. The lowest BCUT2D eigenvalue weighted by molar-refractivity contribution is 0.0390. The third-order valence-corrected chi connectivity index (χ3v) is 5.08. The van der Waals surface area contributed by atoms with Gasteiger partial charge in [0.05, 0.1) is 0 Å². The van der Waals surface area contributed by atoms with Crippen LogP contribution in [0.3, 0.4) is 0 Å². The Bertz CT molecular complexity index is 777. The van der Waals surface area contributed by atoms with Gasteiger partial charge in [-0.2, -0.15) is 0 Å². The summed E-state index contributed by atoms with van der Waals surface area (Å²) in [6, 6.07) is 10.5. The number of amides is 1. The minimum atomic E-state index is -0.578. The molecule has 0 aromatic heterocycles. The number of nitrogen functional groups attached to an aromatic ring is 1. The summed E-state index contributed by atoms with van der Waals surface area (Å²) in [5, 5.41) is 0. The lowest BCUT2D eigenvalue weighted by atomic mass is 9.91. The van der Waals surface area contributed by atoms with E-state index in [0.717, 1.165) is 6.07 Å². The molecule has 1 amide bonds. The van der Waals surface area contributed by atoms with E-state index in [2.05, 4.69) is 4.90 Å². The van der Waals surface area contributed by atoms with E-state index in [1.165, 1.54) is 12.1 Å². The summed E-state index contributed by atoms with van der Waals surface area (Å²) < 4.78 is 27.2. The number of rotatable bonds is 3. The zero-order valence-corrected chi connectivity index (χ0v) is 15.0. The summed E-state index contributed by atoms with van der Waals surface area (Å²) in [4.78, 5) is 16.5. The van der Waals surface area contributed by atoms with Crippen LogP contribution in [0, 0.1) is 11.6 Å². The third-order valence-electron chi connectivity index (χ3n) is 5.08. The van der Waals surface area contributed by atoms with E-state index in [9.17, 15) is 13.6 Å². The zero-order valence-electron chi connectivity index (χ0n) is 15.0. The standard InChI is InChI=1S/C20H23F2N3O/c1-20(2,15-11-16(21)13-17(22)12-15)25-9-7-24(8-10-25)19(26)14-3-5-18(23)6-4-14/h3-6,11-13H,7-10,23H2,1-2H3. The van der Waals surface area contributed by atoms with Gasteiger partial charge < -0.3 is 10.6 Å². The van der Waals surface area contributed by atoms with Crippen molar-refractivity contribution in [2.45, 2.75) is 19.4 Å². The van der Waals surface area contributed by atoms with Gasteiger partial charge in [0.25, 0.3) is 5.91 Å². The van der Waals surface area contributed by atoms with E-state index in [4.69, 9.17) is 5.73 Å². The maximum atomic E-state index is 13.6. The number of carbonyl (C=O) groups excluding carboxylic acids is 1. The SMILES string of the molecule is CC(C)(c1cc(F)cc(F)c1)N1CCN(C(=O)c2ccc(N)cc2)CC1. The van der Waals surface area contributed by atoms with Gasteiger partial charge in [0.15, 0.2) is 0 Å². The highest BCUT2D eigenvalue weighted by atomic mass is 19.1. The van der Waals surface area contributed by atoms with Crippen LogP contribution in [0.15, 0.2) is 42.5 Å². The van der Waals surface area contributed by atoms with E-state index in [1.54, 1.807) is 29.2 Å². The second-order valence-corrected chi connectivity index (χ2v) is 7.12. The first-order valence-electron chi connectivity index (χ1n) is 8.64. The van der Waals surface area contributed by atoms with Crippen molar-refractivity contribution in [3.63, 3.8) is 0 Å². The summed E-state index contributed by atoms with van der Waals surface area (Å²) in [6.07, 6.45) is 0. The van der Waals surface area contributed by atoms with Crippen LogP contribution in [0.2, 0.25) is 0 Å². The maximum absolute atomic E-state index is 13.6. The van der Waals surface area contributed by atoms with Crippen molar-refractivity contribution in [1.29, 1.82) is 0 Å². The van der Waals surface area contributed by atoms with Crippen LogP contribution in [0.25, 0.3) is 0 Å². The minimum Gasteiger partial charge on any atom is -0.399 e. The summed E-state index contributed by atoms with van der Waals surface area (Å²) in [7, 11) is 0. The Morgan fingerprint density at radius 3 is 2.04 bits per heavy atom. The number of hydrogen-bond acceptors (Lipinski definition) is 3. The van der Waals surface area contributed by atoms with E-state index in [0.29, 0.717) is 43.0 Å². The average Bonchev–Trinajstić information content (AvgIpc) is 2.61. The van der Waals surface area contributed by atoms with E-state index >= 15 is 0 Å². The van der Waals surface area contributed by atoms with Gasteiger partial charge in [-0.15, -0.1) is 0 Å². The molecule has 0 spiro atoms. The van der Waals surface area contributed by atoms with Crippen LogP contribution in [-0.2, 0) is 5.54 Å². The van der Waals surface area contributed by atoms with E-state index in [1.807, 2.05) is 13.8 Å². The van der Waals surface area contributed by atoms with Gasteiger partial charge >= 0.3 is 0 Å². The number of halogens is 2. The Kier molecular flexibility index (Phi) is 4.96. The fourth-order valence-electron chi connectivity index (χ4n) is 3.37. The normalized spacial score (nSPS) is 15.9. The fourth-order valence-corrected chi connectivity index (χ4v) is 3.37. The molecule has 0 saturated carbocycles. The molecular formula is C20H23F2N3O. The van der Waals surface area contributed by atoms with Crippen molar-refractivity contribution in [2.75, 3.05) is 31.9 Å². The number of nitrogens with two attached hydrogens (primary N) is 1. The Balaban J connectivity index is 1.69. The van der Waals surface area contributed by atoms with Crippen LogP contribution in [0.4, 0.5) is 14.5 Å². The van der Waals surface area contributed by atoms with Crippen LogP contribution in [0.1, 0.15) is 29.8 Å². The summed E-state index contributed by atoms with van der Waals surface area (Å²) in [6.45, 7) is 6.27. The molecule has 0 radical (unpaired) electrons. The molecule has 3 rings (SSSR count). The molecule has 1 saturated heterocycles. The molecule has 0 unspecified atom stereocenters. The predicted octanol–water partition coefficient (Wildman–Crippen LogP) is 3.24. The fraction of sp³-hybridized carbons (Fsp3) is 0.350. The molecule has 2 N–H and O–H groups in total. The van der Waals surface area contributed by atoms with Crippen molar-refractivity contribution in [3.8, 4) is 0 Å². The summed E-state index contributed by atoms with van der Waals surface area (Å²) >= 11 is 0. The van der Waals surface area contributed by atoms with Crippen LogP contribution in [0.5, 0.6) is 0 Å². The highest BCUT2D eigenvalue weighted by molar-refractivity contribution is 5.94. The topological polar surface area (TPSA) is 49.6 Å². The van der Waals surface area contributed by atoms with E-state index < -0.39 is 17.2 Å². The van der Waals surface area contributed by atoms with Crippen LogP contribution < -0.4 is 5.73 Å². The van der Waals surface area contributed by atoms with Crippen LogP contribution >= 0.6 is 0 Å². The van der Waals surface area contributed by atoms with Gasteiger partial charge in [0, 0.05) is 49.0 Å². The first-order valence-corrected chi connectivity index (χ1v) is 8.64. The average molecular weight is 359 g/mol. The monoisotopic (exact) mass is 359 g/mol. The number of benzene rings is 2. The van der Waals surface area contributed by atoms with Gasteiger partial charge in [0.1, 0.15) is 11.6 Å². The Morgan fingerprint density at radius 1 is 0.962 bits per heavy atom. The molecule has 0 aliphatic carbocycles. The van der Waals surface area contributed by atoms with Gasteiger partial charge in [-0.1, -0.05) is 0 Å². The smallest absolute Gasteiger partial charge is 0.253 e. The lowest BCUT2D eigenvalue weighted by Crippen LogP contribution is -2.54. The molecule has 1 aliphatic rings. The van der Waals surface area contributed by atoms with Gasteiger partial charge in [-0.25, -0.2) is 8.78 Å². The maximum Gasteiger partial charge on any atom is 0.253 e. The molecule has 2 aromatic carbocycles. The van der Waals surface area contributed by atoms with Crippen molar-refractivity contribution in [3.05, 3.63) is 65.2 Å². The molecule has 0 bridgehead atoms. The highest BCUT2D eigenvalue weighted by Gasteiger charge is 2.33. The van der Waals surface area contributed by atoms with Crippen molar-refractivity contribution in [1.82, 2.24) is 9.80 Å². The molecule has 26 heavy (non-hydrogen) atoms. The Hall–Kier alpha value is -2.47. The largest absolute Gasteiger partial charge is 0.399 e. The molecule has 6 heteroatoms. The molecule has 138 valence electrons. The Morgan fingerprint density at radius 2 is 1.50 bits per heavy atom. The predicted molar refractivity (Wildman–Crippen MR) is 97.7 cm³/mol. The molecule has 4 nitrogen and oxygen atoms in total. The van der Waals surface area contributed by atoms with E-state index in [-0.39, 0.29) is 5.91 Å². The van der Waals surface area contributed by atoms with Gasteiger partial charge in [-0.3, -0.25) is 9.69 Å². The zero-order chi connectivity index (χ0) is 18.9. The number of carbonyl (C=O) groups is 1. The molecule has 1 fully saturated rings. The van der Waals surface area contributed by atoms with Gasteiger partial charge in [-0.05, 0) is 55.8 Å². The number of piperazine rings is 1. The number of nitrogens with zero attached hydrogens (tertiary/aromatic N) is 2. The molecule has 1 heterocycles. The van der Waals surface area contributed by atoms with Crippen LogP contribution in [-0.4, -0.2) is 41.9 Å².